The summed E-state index contributed by atoms with van der Waals surface area (Å²) >= 11 is 0. The lowest BCUT2D eigenvalue weighted by molar-refractivity contribution is -0.155. The van der Waals surface area contributed by atoms with Crippen LogP contribution in [-0.2, 0) is 25.6 Å². The number of hydrogen-bond donors (Lipinski definition) is 1. The third-order valence-corrected chi connectivity index (χ3v) is 5.24. The van der Waals surface area contributed by atoms with E-state index in [1.54, 1.807) is 0 Å². The molecule has 0 spiro atoms. The van der Waals surface area contributed by atoms with Crippen molar-refractivity contribution in [3.05, 3.63) is 35.9 Å². The standard InChI is InChI=1S/C19H25NO5/c1-11-15(12(2)24-13(3)21)9-16-17(20-19(22)25-16)18(11)23-10-14-7-5-4-6-8-14/h4-8,11-12,15-18H,9-10H2,1-3H3,(H,20,22)/t11-,12?,15+,16+,17+,18+/m1/s1. The molecule has 1 aromatic carbocycles. The van der Waals surface area contributed by atoms with Crippen molar-refractivity contribution in [3.63, 3.8) is 0 Å². The Bertz CT molecular complexity index is 620. The van der Waals surface area contributed by atoms with Gasteiger partial charge in [0.1, 0.15) is 12.2 Å². The summed E-state index contributed by atoms with van der Waals surface area (Å²) in [6.07, 6.45) is -0.461. The highest BCUT2D eigenvalue weighted by Crippen LogP contribution is 2.39. The Balaban J connectivity index is 1.74. The van der Waals surface area contributed by atoms with Crippen LogP contribution < -0.4 is 5.32 Å². The topological polar surface area (TPSA) is 73.9 Å². The SMILES string of the molecule is CC(=O)OC(C)[C@H]1C[C@@H]2OC(=O)N[C@@H]2[C@@H](OCc2ccccc2)[C@@H]1C. The van der Waals surface area contributed by atoms with Gasteiger partial charge in [0.05, 0.1) is 18.8 Å². The minimum Gasteiger partial charge on any atom is -0.463 e. The van der Waals surface area contributed by atoms with E-state index in [0.717, 1.165) is 5.56 Å². The number of alkyl carbamates (subject to hydrolysis) is 1. The van der Waals surface area contributed by atoms with E-state index >= 15 is 0 Å². The summed E-state index contributed by atoms with van der Waals surface area (Å²) in [4.78, 5) is 23.0. The van der Waals surface area contributed by atoms with Gasteiger partial charge in [0.2, 0.25) is 0 Å². The zero-order valence-corrected chi connectivity index (χ0v) is 14.8. The number of hydrogen-bond acceptors (Lipinski definition) is 5. The summed E-state index contributed by atoms with van der Waals surface area (Å²) in [5.41, 5.74) is 1.08. The average molecular weight is 347 g/mol. The van der Waals surface area contributed by atoms with Gasteiger partial charge in [-0.05, 0) is 24.8 Å². The fourth-order valence-electron chi connectivity index (χ4n) is 4.01. The van der Waals surface area contributed by atoms with Crippen LogP contribution in [0, 0.1) is 11.8 Å². The highest BCUT2D eigenvalue weighted by atomic mass is 16.6. The first-order valence-electron chi connectivity index (χ1n) is 8.75. The van der Waals surface area contributed by atoms with Crippen LogP contribution in [-0.4, -0.2) is 36.4 Å². The average Bonchev–Trinajstić information content (AvgIpc) is 2.94. The van der Waals surface area contributed by atoms with Crippen LogP contribution in [0.5, 0.6) is 0 Å². The minimum absolute atomic E-state index is 0.0682. The van der Waals surface area contributed by atoms with E-state index in [0.29, 0.717) is 13.0 Å². The molecular weight excluding hydrogens is 322 g/mol. The number of benzene rings is 1. The first-order valence-corrected chi connectivity index (χ1v) is 8.75. The van der Waals surface area contributed by atoms with Gasteiger partial charge in [0, 0.05) is 12.8 Å². The van der Waals surface area contributed by atoms with Crippen LogP contribution in [0.4, 0.5) is 4.79 Å². The number of carbonyl (C=O) groups excluding carboxylic acids is 2. The highest BCUT2D eigenvalue weighted by molar-refractivity contribution is 5.70. The molecule has 0 radical (unpaired) electrons. The zero-order valence-electron chi connectivity index (χ0n) is 14.8. The molecule has 2 fully saturated rings. The second kappa shape index (κ2) is 7.44. The second-order valence-corrected chi connectivity index (χ2v) is 6.95. The fourth-order valence-corrected chi connectivity index (χ4v) is 4.01. The molecule has 2 aliphatic rings. The van der Waals surface area contributed by atoms with Crippen molar-refractivity contribution < 1.29 is 23.8 Å². The third kappa shape index (κ3) is 3.95. The molecule has 1 saturated heterocycles. The summed E-state index contributed by atoms with van der Waals surface area (Å²) in [5.74, 6) is -0.120. The number of amides is 1. The molecule has 3 rings (SSSR count). The Hall–Kier alpha value is -2.08. The van der Waals surface area contributed by atoms with E-state index in [4.69, 9.17) is 14.2 Å². The van der Waals surface area contributed by atoms with Crippen LogP contribution >= 0.6 is 0 Å². The van der Waals surface area contributed by atoms with Gasteiger partial charge in [-0.2, -0.15) is 0 Å². The Morgan fingerprint density at radius 3 is 2.76 bits per heavy atom. The van der Waals surface area contributed by atoms with E-state index in [-0.39, 0.29) is 42.2 Å². The van der Waals surface area contributed by atoms with Gasteiger partial charge in [-0.3, -0.25) is 4.79 Å². The summed E-state index contributed by atoms with van der Waals surface area (Å²) < 4.78 is 17.0. The lowest BCUT2D eigenvalue weighted by Gasteiger charge is -2.43. The molecule has 0 aromatic heterocycles. The van der Waals surface area contributed by atoms with Gasteiger partial charge in [-0.1, -0.05) is 37.3 Å². The van der Waals surface area contributed by atoms with Gasteiger partial charge >= 0.3 is 12.1 Å². The highest BCUT2D eigenvalue weighted by Gasteiger charge is 2.51. The maximum absolute atomic E-state index is 11.7. The molecule has 1 N–H and O–H groups in total. The number of nitrogens with one attached hydrogen (secondary N) is 1. The first-order chi connectivity index (χ1) is 12.0. The Labute approximate surface area is 147 Å². The van der Waals surface area contributed by atoms with E-state index in [1.165, 1.54) is 6.92 Å². The summed E-state index contributed by atoms with van der Waals surface area (Å²) in [6, 6.07) is 9.74. The fraction of sp³-hybridized carbons (Fsp3) is 0.579. The predicted octanol–water partition coefficient (Wildman–Crippen LogP) is 2.66. The van der Waals surface area contributed by atoms with Gasteiger partial charge in [0.25, 0.3) is 0 Å². The summed E-state index contributed by atoms with van der Waals surface area (Å²) in [6.45, 7) is 5.85. The molecule has 1 saturated carbocycles. The molecule has 1 aliphatic carbocycles. The van der Waals surface area contributed by atoms with Crippen molar-refractivity contribution >= 4 is 12.1 Å². The third-order valence-electron chi connectivity index (χ3n) is 5.24. The molecule has 25 heavy (non-hydrogen) atoms. The van der Waals surface area contributed by atoms with Crippen LogP contribution in [0.15, 0.2) is 30.3 Å². The Morgan fingerprint density at radius 1 is 1.36 bits per heavy atom. The molecule has 1 unspecified atom stereocenters. The van der Waals surface area contributed by atoms with Gasteiger partial charge in [0.15, 0.2) is 0 Å². The van der Waals surface area contributed by atoms with E-state index in [9.17, 15) is 9.59 Å². The van der Waals surface area contributed by atoms with Crippen molar-refractivity contribution in [1.82, 2.24) is 5.32 Å². The molecule has 1 aliphatic heterocycles. The monoisotopic (exact) mass is 347 g/mol. The lowest BCUT2D eigenvalue weighted by Crippen LogP contribution is -2.55. The van der Waals surface area contributed by atoms with Crippen molar-refractivity contribution in [2.45, 2.75) is 58.2 Å². The van der Waals surface area contributed by atoms with Crippen molar-refractivity contribution in [1.29, 1.82) is 0 Å². The largest absolute Gasteiger partial charge is 0.463 e. The first kappa shape index (κ1) is 17.7. The van der Waals surface area contributed by atoms with E-state index in [1.807, 2.05) is 37.3 Å². The molecule has 6 heteroatoms. The zero-order chi connectivity index (χ0) is 18.0. The summed E-state index contributed by atoms with van der Waals surface area (Å²) in [5, 5.41) is 2.88. The van der Waals surface area contributed by atoms with Crippen LogP contribution in [0.25, 0.3) is 0 Å². The molecule has 0 bridgehead atoms. The summed E-state index contributed by atoms with van der Waals surface area (Å²) in [7, 11) is 0. The minimum atomic E-state index is -0.406. The lowest BCUT2D eigenvalue weighted by atomic mass is 9.72. The number of carbonyl (C=O) groups is 2. The molecule has 1 amide bonds. The van der Waals surface area contributed by atoms with Crippen molar-refractivity contribution in [3.8, 4) is 0 Å². The Kier molecular flexibility index (Phi) is 5.27. The Morgan fingerprint density at radius 2 is 2.08 bits per heavy atom. The van der Waals surface area contributed by atoms with Gasteiger partial charge < -0.3 is 19.5 Å². The molecule has 6 atom stereocenters. The van der Waals surface area contributed by atoms with Gasteiger partial charge in [-0.15, -0.1) is 0 Å². The number of esters is 1. The molecule has 1 heterocycles. The maximum Gasteiger partial charge on any atom is 0.407 e. The quantitative estimate of drug-likeness (QED) is 0.829. The van der Waals surface area contributed by atoms with E-state index in [2.05, 4.69) is 12.2 Å². The number of rotatable bonds is 5. The molecule has 136 valence electrons. The number of ether oxygens (including phenoxy) is 3. The molecule has 1 aromatic rings. The van der Waals surface area contributed by atoms with Crippen LogP contribution in [0.2, 0.25) is 0 Å². The molecule has 6 nitrogen and oxygen atoms in total. The second-order valence-electron chi connectivity index (χ2n) is 6.95. The van der Waals surface area contributed by atoms with Crippen LogP contribution in [0.1, 0.15) is 32.8 Å². The predicted molar refractivity (Wildman–Crippen MR) is 90.7 cm³/mol. The normalized spacial score (nSPS) is 32.3. The van der Waals surface area contributed by atoms with Crippen LogP contribution in [0.3, 0.4) is 0 Å². The van der Waals surface area contributed by atoms with Crippen molar-refractivity contribution in [2.24, 2.45) is 11.8 Å². The smallest absolute Gasteiger partial charge is 0.407 e. The van der Waals surface area contributed by atoms with E-state index < -0.39 is 6.09 Å². The van der Waals surface area contributed by atoms with Gasteiger partial charge in [-0.25, -0.2) is 4.79 Å². The number of fused-ring (bicyclic) bond motifs is 1. The molecular formula is C19H25NO5. The van der Waals surface area contributed by atoms with Crippen molar-refractivity contribution in [2.75, 3.05) is 0 Å². The maximum atomic E-state index is 11.7.